The minimum absolute atomic E-state index is 0.197. The van der Waals surface area contributed by atoms with Crippen LogP contribution >= 0.6 is 34.4 Å². The molecule has 19 heavy (non-hydrogen) atoms. The summed E-state index contributed by atoms with van der Waals surface area (Å²) in [5, 5.41) is 4.66. The van der Waals surface area contributed by atoms with Gasteiger partial charge in [-0.3, -0.25) is 4.79 Å². The Hall–Kier alpha value is -0.780. The van der Waals surface area contributed by atoms with Crippen molar-refractivity contribution in [1.82, 2.24) is 4.90 Å². The number of carbonyl (C=O) groups is 1. The average molecular weight is 309 g/mol. The summed E-state index contributed by atoms with van der Waals surface area (Å²) < 4.78 is 0. The van der Waals surface area contributed by atoms with E-state index in [1.54, 1.807) is 0 Å². The van der Waals surface area contributed by atoms with Crippen LogP contribution in [0, 0.1) is 0 Å². The molecule has 1 fully saturated rings. The first-order chi connectivity index (χ1) is 9.34. The van der Waals surface area contributed by atoms with Crippen molar-refractivity contribution in [3.63, 3.8) is 0 Å². The van der Waals surface area contributed by atoms with Crippen molar-refractivity contribution in [2.75, 3.05) is 18.8 Å². The molecule has 1 amide bonds. The van der Waals surface area contributed by atoms with Crippen LogP contribution in [-0.2, 0) is 0 Å². The highest BCUT2D eigenvalue weighted by Crippen LogP contribution is 2.36. The van der Waals surface area contributed by atoms with E-state index in [0.717, 1.165) is 30.1 Å². The third kappa shape index (κ3) is 3.04. The molecule has 3 heterocycles. The van der Waals surface area contributed by atoms with E-state index in [0.29, 0.717) is 5.25 Å². The molecule has 0 aromatic carbocycles. The van der Waals surface area contributed by atoms with Crippen LogP contribution in [0.5, 0.6) is 0 Å². The Bertz CT molecular complexity index is 521. The summed E-state index contributed by atoms with van der Waals surface area (Å²) in [6, 6.07) is 8.18. The van der Waals surface area contributed by atoms with E-state index in [-0.39, 0.29) is 5.91 Å². The van der Waals surface area contributed by atoms with E-state index in [9.17, 15) is 4.79 Å². The van der Waals surface area contributed by atoms with Crippen LogP contribution in [0.15, 0.2) is 35.0 Å². The smallest absolute Gasteiger partial charge is 0.263 e. The Morgan fingerprint density at radius 1 is 1.16 bits per heavy atom. The van der Waals surface area contributed by atoms with Gasteiger partial charge in [0, 0.05) is 29.0 Å². The Morgan fingerprint density at radius 2 is 2.00 bits per heavy atom. The molecule has 0 N–H and O–H groups in total. The Labute approximate surface area is 125 Å². The van der Waals surface area contributed by atoms with Crippen LogP contribution in [-0.4, -0.2) is 29.6 Å². The predicted molar refractivity (Wildman–Crippen MR) is 84.4 cm³/mol. The van der Waals surface area contributed by atoms with Crippen molar-refractivity contribution >= 4 is 40.3 Å². The average Bonchev–Trinajstić information content (AvgIpc) is 3.08. The highest BCUT2D eigenvalue weighted by Gasteiger charge is 2.23. The maximum atomic E-state index is 12.3. The largest absolute Gasteiger partial charge is 0.337 e. The molecule has 1 saturated heterocycles. The first kappa shape index (κ1) is 13.2. The van der Waals surface area contributed by atoms with E-state index in [2.05, 4.69) is 17.5 Å². The fraction of sp³-hybridized carbons (Fsp3) is 0.357. The van der Waals surface area contributed by atoms with Gasteiger partial charge in [-0.15, -0.1) is 22.7 Å². The topological polar surface area (TPSA) is 20.3 Å². The van der Waals surface area contributed by atoms with Gasteiger partial charge in [0.15, 0.2) is 0 Å². The molecule has 1 atom stereocenters. The van der Waals surface area contributed by atoms with Gasteiger partial charge in [-0.1, -0.05) is 12.1 Å². The molecule has 0 radical (unpaired) electrons. The van der Waals surface area contributed by atoms with Gasteiger partial charge in [0.05, 0.1) is 4.88 Å². The van der Waals surface area contributed by atoms with E-state index in [4.69, 9.17) is 0 Å². The molecule has 2 nitrogen and oxygen atoms in total. The summed E-state index contributed by atoms with van der Waals surface area (Å²) in [5.41, 5.74) is 0. The summed E-state index contributed by atoms with van der Waals surface area (Å²) in [6.07, 6.45) is 1.06. The normalized spacial score (nSPS) is 20.2. The molecule has 1 unspecified atom stereocenters. The van der Waals surface area contributed by atoms with Crippen molar-refractivity contribution in [3.05, 3.63) is 44.8 Å². The van der Waals surface area contributed by atoms with Crippen LogP contribution < -0.4 is 0 Å². The third-order valence-corrected chi connectivity index (χ3v) is 6.52. The highest BCUT2D eigenvalue weighted by molar-refractivity contribution is 7.99. The van der Waals surface area contributed by atoms with Gasteiger partial charge in [0.25, 0.3) is 5.91 Å². The zero-order chi connectivity index (χ0) is 13.1. The van der Waals surface area contributed by atoms with Crippen LogP contribution in [0.1, 0.15) is 26.2 Å². The van der Waals surface area contributed by atoms with Crippen molar-refractivity contribution < 1.29 is 4.79 Å². The van der Waals surface area contributed by atoms with Crippen LogP contribution in [0.3, 0.4) is 0 Å². The molecule has 0 bridgehead atoms. The van der Waals surface area contributed by atoms with Gasteiger partial charge >= 0.3 is 0 Å². The summed E-state index contributed by atoms with van der Waals surface area (Å²) in [5.74, 6) is 1.22. The summed E-state index contributed by atoms with van der Waals surface area (Å²) in [6.45, 7) is 1.73. The zero-order valence-corrected chi connectivity index (χ0v) is 12.9. The molecule has 2 aromatic rings. The molecular formula is C14H15NOS3. The number of hydrogen-bond donors (Lipinski definition) is 0. The molecule has 5 heteroatoms. The highest BCUT2D eigenvalue weighted by atomic mass is 32.2. The van der Waals surface area contributed by atoms with Gasteiger partial charge < -0.3 is 4.90 Å². The van der Waals surface area contributed by atoms with Crippen LogP contribution in [0.25, 0.3) is 0 Å². The minimum Gasteiger partial charge on any atom is -0.337 e. The predicted octanol–water partition coefficient (Wildman–Crippen LogP) is 4.13. The van der Waals surface area contributed by atoms with Gasteiger partial charge in [-0.25, -0.2) is 0 Å². The number of amides is 1. The maximum absolute atomic E-state index is 12.3. The van der Waals surface area contributed by atoms with Crippen LogP contribution in [0.2, 0.25) is 0 Å². The lowest BCUT2D eigenvalue weighted by atomic mass is 10.2. The standard InChI is InChI=1S/C14H15NOS3/c16-14(13-4-2-9-18-13)15-6-5-12(19-10-7-15)11-3-1-8-17-11/h1-4,8-9,12H,5-7,10H2. The molecule has 0 saturated carbocycles. The molecular weight excluding hydrogens is 294 g/mol. The lowest BCUT2D eigenvalue weighted by Gasteiger charge is -2.19. The fourth-order valence-electron chi connectivity index (χ4n) is 2.23. The molecule has 0 aliphatic carbocycles. The van der Waals surface area contributed by atoms with Crippen molar-refractivity contribution in [2.24, 2.45) is 0 Å². The molecule has 1 aliphatic heterocycles. The Balaban J connectivity index is 1.66. The van der Waals surface area contributed by atoms with Crippen molar-refractivity contribution in [1.29, 1.82) is 0 Å². The maximum Gasteiger partial charge on any atom is 0.263 e. The molecule has 3 rings (SSSR count). The monoisotopic (exact) mass is 309 g/mol. The second-order valence-electron chi connectivity index (χ2n) is 4.43. The number of rotatable bonds is 2. The molecule has 2 aromatic heterocycles. The Morgan fingerprint density at radius 3 is 2.74 bits per heavy atom. The van der Waals surface area contributed by atoms with Gasteiger partial charge in [0.1, 0.15) is 0 Å². The van der Waals surface area contributed by atoms with E-state index in [1.165, 1.54) is 16.2 Å². The summed E-state index contributed by atoms with van der Waals surface area (Å²) >= 11 is 5.34. The summed E-state index contributed by atoms with van der Waals surface area (Å²) in [7, 11) is 0. The van der Waals surface area contributed by atoms with E-state index < -0.39 is 0 Å². The Kier molecular flexibility index (Phi) is 4.25. The summed E-state index contributed by atoms with van der Waals surface area (Å²) in [4.78, 5) is 16.6. The number of thioether (sulfide) groups is 1. The van der Waals surface area contributed by atoms with E-state index in [1.807, 2.05) is 45.5 Å². The number of thiophene rings is 2. The quantitative estimate of drug-likeness (QED) is 0.831. The zero-order valence-electron chi connectivity index (χ0n) is 10.5. The van der Waals surface area contributed by atoms with E-state index >= 15 is 0 Å². The van der Waals surface area contributed by atoms with Gasteiger partial charge in [0.2, 0.25) is 0 Å². The molecule has 1 aliphatic rings. The minimum atomic E-state index is 0.197. The molecule has 100 valence electrons. The van der Waals surface area contributed by atoms with Gasteiger partial charge in [-0.05, 0) is 29.3 Å². The molecule has 0 spiro atoms. The number of carbonyl (C=O) groups excluding carboxylic acids is 1. The lowest BCUT2D eigenvalue weighted by molar-refractivity contribution is 0.0771. The van der Waals surface area contributed by atoms with Gasteiger partial charge in [-0.2, -0.15) is 11.8 Å². The number of hydrogen-bond acceptors (Lipinski definition) is 4. The second kappa shape index (κ2) is 6.11. The first-order valence-electron chi connectivity index (χ1n) is 6.32. The van der Waals surface area contributed by atoms with Crippen molar-refractivity contribution in [2.45, 2.75) is 11.7 Å². The van der Waals surface area contributed by atoms with Crippen molar-refractivity contribution in [3.8, 4) is 0 Å². The third-order valence-electron chi connectivity index (χ3n) is 3.22. The second-order valence-corrected chi connectivity index (χ2v) is 7.67. The van der Waals surface area contributed by atoms with Crippen LogP contribution in [0.4, 0.5) is 0 Å². The first-order valence-corrected chi connectivity index (χ1v) is 9.13. The lowest BCUT2D eigenvalue weighted by Crippen LogP contribution is -2.32. The SMILES string of the molecule is O=C(c1cccs1)N1CCSC(c2cccs2)CC1. The number of nitrogens with zero attached hydrogens (tertiary/aromatic N) is 1. The fourth-order valence-corrected chi connectivity index (χ4v) is 5.16.